The topological polar surface area (TPSA) is 66.6 Å². The van der Waals surface area contributed by atoms with E-state index in [1.165, 1.54) is 0 Å². The van der Waals surface area contributed by atoms with Gasteiger partial charge in [0.15, 0.2) is 5.54 Å². The second kappa shape index (κ2) is 4.14. The molecule has 0 rings (SSSR count). The van der Waals surface area contributed by atoms with Gasteiger partial charge in [-0.05, 0) is 6.92 Å². The van der Waals surface area contributed by atoms with E-state index in [1.807, 2.05) is 0 Å². The monoisotopic (exact) mass is 214 g/mol. The van der Waals surface area contributed by atoms with Crippen LogP contribution in [0.1, 0.15) is 6.92 Å². The van der Waals surface area contributed by atoms with E-state index in [-0.39, 0.29) is 6.54 Å². The number of nitrogens with zero attached hydrogens (tertiary/aromatic N) is 1. The van der Waals surface area contributed by atoms with Gasteiger partial charge in [0, 0.05) is 13.6 Å². The Hall–Kier alpha value is -0.820. The van der Waals surface area contributed by atoms with Crippen LogP contribution in [0.2, 0.25) is 0 Å². The van der Waals surface area contributed by atoms with Crippen molar-refractivity contribution in [1.82, 2.24) is 4.90 Å². The minimum absolute atomic E-state index is 0.179. The molecule has 3 N–H and O–H groups in total. The van der Waals surface area contributed by atoms with Gasteiger partial charge in [0.25, 0.3) is 5.91 Å². The van der Waals surface area contributed by atoms with Crippen LogP contribution in [0.5, 0.6) is 0 Å². The molecule has 0 aromatic heterocycles. The van der Waals surface area contributed by atoms with Gasteiger partial charge in [-0.2, -0.15) is 13.2 Å². The lowest BCUT2D eigenvalue weighted by molar-refractivity contribution is -0.193. The minimum atomic E-state index is -4.80. The Kier molecular flexibility index (Phi) is 3.90. The summed E-state index contributed by atoms with van der Waals surface area (Å²) in [5, 5.41) is 8.44. The standard InChI is InChI=1S/C7H13F3N2O2/c1-6(11,7(8,9)10)5(14)12(2)3-4-13/h13H,3-4,11H2,1-2H3. The van der Waals surface area contributed by atoms with E-state index in [4.69, 9.17) is 10.8 Å². The molecule has 7 heteroatoms. The maximum atomic E-state index is 12.2. The molecule has 4 nitrogen and oxygen atoms in total. The van der Waals surface area contributed by atoms with Crippen molar-refractivity contribution in [2.24, 2.45) is 5.73 Å². The van der Waals surface area contributed by atoms with Crippen molar-refractivity contribution in [2.45, 2.75) is 18.6 Å². The van der Waals surface area contributed by atoms with Crippen molar-refractivity contribution in [2.75, 3.05) is 20.2 Å². The summed E-state index contributed by atoms with van der Waals surface area (Å²) in [4.78, 5) is 11.9. The van der Waals surface area contributed by atoms with Crippen molar-refractivity contribution in [3.63, 3.8) is 0 Å². The van der Waals surface area contributed by atoms with E-state index in [9.17, 15) is 18.0 Å². The fraction of sp³-hybridized carbons (Fsp3) is 0.857. The van der Waals surface area contributed by atoms with Gasteiger partial charge in [0.05, 0.1) is 6.61 Å². The van der Waals surface area contributed by atoms with Crippen LogP contribution in [-0.4, -0.2) is 47.8 Å². The highest BCUT2D eigenvalue weighted by molar-refractivity contribution is 5.86. The Bertz CT molecular complexity index is 215. The molecule has 0 heterocycles. The summed E-state index contributed by atoms with van der Waals surface area (Å²) in [5.74, 6) is -1.26. The molecular formula is C7H13F3N2O2. The number of rotatable bonds is 3. The molecule has 84 valence electrons. The summed E-state index contributed by atoms with van der Waals surface area (Å²) in [7, 11) is 1.15. The Morgan fingerprint density at radius 3 is 2.21 bits per heavy atom. The van der Waals surface area contributed by atoms with Gasteiger partial charge >= 0.3 is 6.18 Å². The number of amides is 1. The number of carbonyl (C=O) groups excluding carboxylic acids is 1. The lowest BCUT2D eigenvalue weighted by Gasteiger charge is -2.30. The Balaban J connectivity index is 4.67. The third-order valence-corrected chi connectivity index (χ3v) is 1.82. The molecule has 0 aromatic carbocycles. The average Bonchev–Trinajstić information content (AvgIpc) is 2.01. The Labute approximate surface area is 79.5 Å². The number of hydrogen-bond donors (Lipinski definition) is 2. The van der Waals surface area contributed by atoms with Gasteiger partial charge < -0.3 is 15.7 Å². The van der Waals surface area contributed by atoms with Crippen LogP contribution in [0, 0.1) is 0 Å². The first-order valence-electron chi connectivity index (χ1n) is 3.86. The molecule has 0 fully saturated rings. The second-order valence-corrected chi connectivity index (χ2v) is 3.15. The molecule has 0 saturated heterocycles. The number of alkyl halides is 3. The first-order valence-corrected chi connectivity index (χ1v) is 3.86. The molecule has 1 amide bonds. The number of aliphatic hydroxyl groups excluding tert-OH is 1. The summed E-state index contributed by atoms with van der Waals surface area (Å²) in [6.45, 7) is 0.0150. The first kappa shape index (κ1) is 13.2. The van der Waals surface area contributed by atoms with Gasteiger partial charge in [-0.1, -0.05) is 0 Å². The highest BCUT2D eigenvalue weighted by atomic mass is 19.4. The predicted octanol–water partition coefficient (Wildman–Crippen LogP) is -0.283. The molecule has 14 heavy (non-hydrogen) atoms. The SMILES string of the molecule is CN(CCO)C(=O)C(C)(N)C(F)(F)F. The van der Waals surface area contributed by atoms with Crippen molar-refractivity contribution >= 4 is 5.91 Å². The van der Waals surface area contributed by atoms with E-state index in [2.05, 4.69) is 0 Å². The highest BCUT2D eigenvalue weighted by Crippen LogP contribution is 2.29. The first-order chi connectivity index (χ1) is 6.14. The van der Waals surface area contributed by atoms with Crippen LogP contribution in [-0.2, 0) is 4.79 Å². The van der Waals surface area contributed by atoms with E-state index in [0.717, 1.165) is 11.9 Å². The zero-order valence-electron chi connectivity index (χ0n) is 7.93. The fourth-order valence-corrected chi connectivity index (χ4v) is 0.769. The molecule has 1 unspecified atom stereocenters. The molecular weight excluding hydrogens is 201 g/mol. The Morgan fingerprint density at radius 2 is 1.93 bits per heavy atom. The van der Waals surface area contributed by atoms with Crippen LogP contribution >= 0.6 is 0 Å². The van der Waals surface area contributed by atoms with E-state index in [1.54, 1.807) is 0 Å². The minimum Gasteiger partial charge on any atom is -0.395 e. The number of aliphatic hydroxyl groups is 1. The number of hydrogen-bond acceptors (Lipinski definition) is 3. The highest BCUT2D eigenvalue weighted by Gasteiger charge is 2.54. The Morgan fingerprint density at radius 1 is 1.50 bits per heavy atom. The molecule has 0 saturated carbocycles. The van der Waals surface area contributed by atoms with Crippen molar-refractivity contribution in [3.05, 3.63) is 0 Å². The number of carbonyl (C=O) groups is 1. The zero-order valence-corrected chi connectivity index (χ0v) is 7.93. The summed E-state index contributed by atoms with van der Waals surface area (Å²) in [5.41, 5.74) is 1.96. The normalized spacial score (nSPS) is 16.2. The quantitative estimate of drug-likeness (QED) is 0.678. The second-order valence-electron chi connectivity index (χ2n) is 3.15. The molecule has 0 radical (unpaired) electrons. The lowest BCUT2D eigenvalue weighted by atomic mass is 10.0. The summed E-state index contributed by atoms with van der Waals surface area (Å²) >= 11 is 0. The van der Waals surface area contributed by atoms with Gasteiger partial charge in [0.2, 0.25) is 0 Å². The average molecular weight is 214 g/mol. The number of nitrogens with two attached hydrogens (primary N) is 1. The maximum Gasteiger partial charge on any atom is 0.415 e. The summed E-state index contributed by atoms with van der Waals surface area (Å²) in [6.07, 6.45) is -4.80. The molecule has 0 aliphatic heterocycles. The number of halogens is 3. The number of likely N-dealkylation sites (N-methyl/N-ethyl adjacent to an activating group) is 1. The lowest BCUT2D eigenvalue weighted by Crippen LogP contribution is -2.61. The predicted molar refractivity (Wildman–Crippen MR) is 43.4 cm³/mol. The molecule has 0 aromatic rings. The van der Waals surface area contributed by atoms with Gasteiger partial charge in [-0.3, -0.25) is 4.79 Å². The van der Waals surface area contributed by atoms with Gasteiger partial charge in [-0.25, -0.2) is 0 Å². The molecule has 0 aliphatic carbocycles. The molecule has 0 spiro atoms. The molecule has 1 atom stereocenters. The largest absolute Gasteiger partial charge is 0.415 e. The van der Waals surface area contributed by atoms with Crippen molar-refractivity contribution in [1.29, 1.82) is 0 Å². The molecule has 0 bridgehead atoms. The molecule has 0 aliphatic rings. The maximum absolute atomic E-state index is 12.2. The van der Waals surface area contributed by atoms with E-state index < -0.39 is 24.2 Å². The van der Waals surface area contributed by atoms with Crippen LogP contribution in [0.15, 0.2) is 0 Å². The van der Waals surface area contributed by atoms with E-state index in [0.29, 0.717) is 6.92 Å². The van der Waals surface area contributed by atoms with Crippen LogP contribution in [0.25, 0.3) is 0 Å². The third kappa shape index (κ3) is 2.58. The van der Waals surface area contributed by atoms with Crippen molar-refractivity contribution in [3.8, 4) is 0 Å². The third-order valence-electron chi connectivity index (χ3n) is 1.82. The zero-order chi connectivity index (χ0) is 11.6. The van der Waals surface area contributed by atoms with Crippen LogP contribution in [0.4, 0.5) is 13.2 Å². The smallest absolute Gasteiger partial charge is 0.395 e. The van der Waals surface area contributed by atoms with Crippen LogP contribution < -0.4 is 5.73 Å². The van der Waals surface area contributed by atoms with Crippen molar-refractivity contribution < 1.29 is 23.1 Å². The van der Waals surface area contributed by atoms with Gasteiger partial charge in [-0.15, -0.1) is 0 Å². The fourth-order valence-electron chi connectivity index (χ4n) is 0.769. The van der Waals surface area contributed by atoms with E-state index >= 15 is 0 Å². The van der Waals surface area contributed by atoms with Gasteiger partial charge in [0.1, 0.15) is 0 Å². The van der Waals surface area contributed by atoms with Crippen LogP contribution in [0.3, 0.4) is 0 Å². The summed E-state index contributed by atoms with van der Waals surface area (Å²) in [6, 6.07) is 0. The summed E-state index contributed by atoms with van der Waals surface area (Å²) < 4.78 is 36.7.